The minimum Gasteiger partial charge on any atom is -0.470 e. The van der Waals surface area contributed by atoms with E-state index < -0.39 is 6.10 Å². The summed E-state index contributed by atoms with van der Waals surface area (Å²) in [7, 11) is 0. The van der Waals surface area contributed by atoms with Crippen molar-refractivity contribution >= 4 is 0 Å². The Hall–Kier alpha value is -2.83. The number of benzene rings is 1. The van der Waals surface area contributed by atoms with Crippen LogP contribution in [0, 0.1) is 5.92 Å². The van der Waals surface area contributed by atoms with Gasteiger partial charge in [-0.2, -0.15) is 0 Å². The first kappa shape index (κ1) is 19.5. The summed E-state index contributed by atoms with van der Waals surface area (Å²) in [5, 5.41) is 24.8. The molecule has 6 nitrogen and oxygen atoms in total. The van der Waals surface area contributed by atoms with Crippen LogP contribution >= 0.6 is 0 Å². The Labute approximate surface area is 169 Å². The second-order valence-electron chi connectivity index (χ2n) is 7.36. The quantitative estimate of drug-likeness (QED) is 0.519. The number of aromatic nitrogens is 1. The summed E-state index contributed by atoms with van der Waals surface area (Å²) >= 11 is 0. The van der Waals surface area contributed by atoms with Crippen molar-refractivity contribution in [2.24, 2.45) is 5.92 Å². The highest BCUT2D eigenvalue weighted by atomic mass is 16.5. The van der Waals surface area contributed by atoms with Crippen LogP contribution in [-0.4, -0.2) is 15.4 Å². The third-order valence-corrected chi connectivity index (χ3v) is 5.63. The number of hydrogen-bond donors (Lipinski definition) is 2. The Morgan fingerprint density at radius 2 is 2.00 bits per heavy atom. The molecule has 2 N–H and O–H groups in total. The molecule has 0 spiro atoms. The molecule has 1 unspecified atom stereocenters. The van der Waals surface area contributed by atoms with E-state index in [1.54, 1.807) is 6.07 Å². The lowest BCUT2D eigenvalue weighted by Crippen LogP contribution is -2.20. The molecule has 0 bridgehead atoms. The van der Waals surface area contributed by atoms with Crippen molar-refractivity contribution < 1.29 is 23.9 Å². The van der Waals surface area contributed by atoms with Crippen molar-refractivity contribution in [1.82, 2.24) is 5.16 Å². The van der Waals surface area contributed by atoms with Gasteiger partial charge >= 0.3 is 0 Å². The van der Waals surface area contributed by atoms with E-state index in [-0.39, 0.29) is 24.2 Å². The summed E-state index contributed by atoms with van der Waals surface area (Å²) in [5.74, 6) is 1.37. The first-order valence-electron chi connectivity index (χ1n) is 9.86. The molecule has 1 aliphatic rings. The Morgan fingerprint density at radius 3 is 2.66 bits per heavy atom. The number of hydrogen-bond acceptors (Lipinski definition) is 6. The fraction of sp³-hybridized carbons (Fsp3) is 0.348. The highest BCUT2D eigenvalue weighted by molar-refractivity contribution is 5.40. The number of nitrogens with zero attached hydrogens (tertiary/aromatic N) is 1. The standard InChI is InChI=1S/C23H25NO5/c1-2-18(16-9-6-10-16)22-19(20(26)21-17(13-25)11-12-27-21)23(24-29-22)28-14-15-7-4-3-5-8-15/h2-5,7-8,11-12,16,18,20,25-26H,1,6,9-10,13-14H2/t18-,20?/m1/s1. The van der Waals surface area contributed by atoms with Crippen LogP contribution in [0.25, 0.3) is 0 Å². The molecule has 2 aromatic heterocycles. The Morgan fingerprint density at radius 1 is 1.21 bits per heavy atom. The lowest BCUT2D eigenvalue weighted by Gasteiger charge is -2.31. The maximum Gasteiger partial charge on any atom is 0.261 e. The Balaban J connectivity index is 1.69. The molecule has 0 radical (unpaired) electrons. The first-order chi connectivity index (χ1) is 14.2. The van der Waals surface area contributed by atoms with E-state index in [1.165, 1.54) is 12.7 Å². The molecule has 4 rings (SSSR count). The van der Waals surface area contributed by atoms with Crippen molar-refractivity contribution in [3.05, 3.63) is 83.5 Å². The molecule has 1 aliphatic carbocycles. The first-order valence-corrected chi connectivity index (χ1v) is 9.86. The van der Waals surface area contributed by atoms with Crippen LogP contribution in [0.3, 0.4) is 0 Å². The van der Waals surface area contributed by atoms with Crippen molar-refractivity contribution in [3.63, 3.8) is 0 Å². The van der Waals surface area contributed by atoms with Crippen LogP contribution in [-0.2, 0) is 13.2 Å². The minimum atomic E-state index is -1.17. The smallest absolute Gasteiger partial charge is 0.261 e. The van der Waals surface area contributed by atoms with Gasteiger partial charge in [-0.3, -0.25) is 0 Å². The van der Waals surface area contributed by atoms with Gasteiger partial charge in [0.2, 0.25) is 0 Å². The number of furan rings is 1. The average Bonchev–Trinajstić information content (AvgIpc) is 3.36. The normalized spacial score (nSPS) is 16.2. The third kappa shape index (κ3) is 3.86. The molecule has 1 fully saturated rings. The van der Waals surface area contributed by atoms with Gasteiger partial charge in [-0.1, -0.05) is 42.8 Å². The molecule has 2 atom stereocenters. The van der Waals surface area contributed by atoms with Crippen LogP contribution < -0.4 is 4.74 Å². The van der Waals surface area contributed by atoms with Gasteiger partial charge in [0.15, 0.2) is 5.76 Å². The topological polar surface area (TPSA) is 88.9 Å². The lowest BCUT2D eigenvalue weighted by molar-refractivity contribution is 0.171. The van der Waals surface area contributed by atoms with Gasteiger partial charge in [0.05, 0.1) is 18.4 Å². The predicted octanol–water partition coefficient (Wildman–Crippen LogP) is 4.49. The van der Waals surface area contributed by atoms with E-state index in [9.17, 15) is 10.2 Å². The number of aliphatic hydroxyl groups is 2. The van der Waals surface area contributed by atoms with Gasteiger partial charge in [-0.15, -0.1) is 6.58 Å². The summed E-state index contributed by atoms with van der Waals surface area (Å²) in [6, 6.07) is 11.3. The zero-order valence-electron chi connectivity index (χ0n) is 16.2. The van der Waals surface area contributed by atoms with E-state index in [1.807, 2.05) is 36.4 Å². The van der Waals surface area contributed by atoms with Gasteiger partial charge in [0.1, 0.15) is 18.5 Å². The van der Waals surface area contributed by atoms with Crippen LogP contribution in [0.4, 0.5) is 0 Å². The molecule has 0 aliphatic heterocycles. The van der Waals surface area contributed by atoms with Gasteiger partial charge in [0.25, 0.3) is 5.88 Å². The summed E-state index contributed by atoms with van der Waals surface area (Å²) in [5.41, 5.74) is 1.92. The second-order valence-corrected chi connectivity index (χ2v) is 7.36. The number of ether oxygens (including phenoxy) is 1. The lowest BCUT2D eigenvalue weighted by atomic mass is 9.74. The molecule has 1 saturated carbocycles. The van der Waals surface area contributed by atoms with Crippen molar-refractivity contribution in [2.75, 3.05) is 0 Å². The second kappa shape index (κ2) is 8.68. The molecule has 152 valence electrons. The van der Waals surface area contributed by atoms with Crippen LogP contribution in [0.1, 0.15) is 59.5 Å². The van der Waals surface area contributed by atoms with E-state index >= 15 is 0 Å². The van der Waals surface area contributed by atoms with Gasteiger partial charge < -0.3 is 23.9 Å². The molecule has 0 saturated heterocycles. The van der Waals surface area contributed by atoms with Gasteiger partial charge in [0, 0.05) is 11.5 Å². The largest absolute Gasteiger partial charge is 0.470 e. The van der Waals surface area contributed by atoms with Gasteiger partial charge in [-0.05, 0) is 35.5 Å². The molecule has 0 amide bonds. The monoisotopic (exact) mass is 395 g/mol. The molecular formula is C23H25NO5. The summed E-state index contributed by atoms with van der Waals surface area (Å²) in [6.45, 7) is 4.02. The number of aliphatic hydroxyl groups excluding tert-OH is 2. The highest BCUT2D eigenvalue weighted by Gasteiger charge is 2.36. The van der Waals surface area contributed by atoms with E-state index in [2.05, 4.69) is 11.7 Å². The minimum absolute atomic E-state index is 0.0671. The third-order valence-electron chi connectivity index (χ3n) is 5.63. The maximum absolute atomic E-state index is 11.1. The summed E-state index contributed by atoms with van der Waals surface area (Å²) in [4.78, 5) is 0. The van der Waals surface area contributed by atoms with E-state index in [4.69, 9.17) is 13.7 Å². The van der Waals surface area contributed by atoms with Crippen LogP contribution in [0.2, 0.25) is 0 Å². The zero-order valence-corrected chi connectivity index (χ0v) is 16.2. The zero-order chi connectivity index (χ0) is 20.2. The van der Waals surface area contributed by atoms with Crippen LogP contribution in [0.5, 0.6) is 5.88 Å². The van der Waals surface area contributed by atoms with Crippen molar-refractivity contribution in [1.29, 1.82) is 0 Å². The van der Waals surface area contributed by atoms with Gasteiger partial charge in [-0.25, -0.2) is 0 Å². The van der Waals surface area contributed by atoms with Crippen molar-refractivity contribution in [2.45, 2.75) is 44.5 Å². The number of rotatable bonds is 9. The van der Waals surface area contributed by atoms with Crippen molar-refractivity contribution in [3.8, 4) is 5.88 Å². The fourth-order valence-electron chi connectivity index (χ4n) is 3.78. The molecule has 2 heterocycles. The molecule has 3 aromatic rings. The Bertz CT molecular complexity index is 941. The Kier molecular flexibility index (Phi) is 5.83. The molecule has 29 heavy (non-hydrogen) atoms. The molecule has 6 heteroatoms. The summed E-state index contributed by atoms with van der Waals surface area (Å²) in [6.07, 6.45) is 5.45. The van der Waals surface area contributed by atoms with E-state index in [0.29, 0.717) is 29.4 Å². The average molecular weight is 395 g/mol. The maximum atomic E-state index is 11.1. The fourth-order valence-corrected chi connectivity index (χ4v) is 3.78. The molecular weight excluding hydrogens is 370 g/mol. The molecule has 1 aromatic carbocycles. The van der Waals surface area contributed by atoms with E-state index in [0.717, 1.165) is 18.4 Å². The van der Waals surface area contributed by atoms with Crippen LogP contribution in [0.15, 0.2) is 64.3 Å². The summed E-state index contributed by atoms with van der Waals surface area (Å²) < 4.78 is 17.1. The SMILES string of the molecule is C=C[C@@H](c1onc(OCc2ccccc2)c1C(O)c1occc1CO)C1CCC1. The predicted molar refractivity (Wildman–Crippen MR) is 106 cm³/mol. The number of allylic oxidation sites excluding steroid dienone is 1. The highest BCUT2D eigenvalue weighted by Crippen LogP contribution is 2.45.